The molecule has 1 aromatic rings. The van der Waals surface area contributed by atoms with Gasteiger partial charge in [-0.15, -0.1) is 0 Å². The van der Waals surface area contributed by atoms with Crippen molar-refractivity contribution in [3.05, 3.63) is 33.8 Å². The zero-order chi connectivity index (χ0) is 17.5. The van der Waals surface area contributed by atoms with Crippen LogP contribution >= 0.6 is 23.2 Å². The fraction of sp³-hybridized carbons (Fsp3) is 0.533. The molecule has 0 saturated carbocycles. The van der Waals surface area contributed by atoms with Crippen LogP contribution in [0.25, 0.3) is 0 Å². The number of nitrogens with zero attached hydrogens (tertiary/aromatic N) is 2. The average Bonchev–Trinajstić information content (AvgIpc) is 2.45. The quantitative estimate of drug-likeness (QED) is 0.449. The van der Waals surface area contributed by atoms with E-state index in [0.29, 0.717) is 29.6 Å². The van der Waals surface area contributed by atoms with E-state index >= 15 is 0 Å². The van der Waals surface area contributed by atoms with Crippen molar-refractivity contribution in [1.29, 1.82) is 0 Å². The molecule has 0 unspecified atom stereocenters. The van der Waals surface area contributed by atoms with Gasteiger partial charge in [0.1, 0.15) is 9.84 Å². The molecule has 0 amide bonds. The summed E-state index contributed by atoms with van der Waals surface area (Å²) in [6, 6.07) is 5.51. The number of benzene rings is 1. The van der Waals surface area contributed by atoms with Crippen LogP contribution in [-0.4, -0.2) is 51.4 Å². The predicted octanol–water partition coefficient (Wildman–Crippen LogP) is 2.83. The molecule has 0 fully saturated rings. The average molecular weight is 380 g/mol. The van der Waals surface area contributed by atoms with Crippen LogP contribution in [-0.2, 0) is 16.4 Å². The molecule has 130 valence electrons. The van der Waals surface area contributed by atoms with Crippen LogP contribution in [0.4, 0.5) is 0 Å². The van der Waals surface area contributed by atoms with E-state index in [4.69, 9.17) is 23.2 Å². The maximum atomic E-state index is 11.1. The fourth-order valence-corrected chi connectivity index (χ4v) is 2.94. The highest BCUT2D eigenvalue weighted by molar-refractivity contribution is 7.90. The van der Waals surface area contributed by atoms with Crippen LogP contribution in [0.3, 0.4) is 0 Å². The second-order valence-electron chi connectivity index (χ2n) is 5.32. The highest BCUT2D eigenvalue weighted by atomic mass is 35.5. The lowest BCUT2D eigenvalue weighted by molar-refractivity contribution is 0.477. The Balaban J connectivity index is 2.69. The van der Waals surface area contributed by atoms with Gasteiger partial charge in [-0.2, -0.15) is 0 Å². The van der Waals surface area contributed by atoms with Gasteiger partial charge in [-0.1, -0.05) is 29.3 Å². The van der Waals surface area contributed by atoms with Gasteiger partial charge >= 0.3 is 0 Å². The molecule has 1 N–H and O–H groups in total. The van der Waals surface area contributed by atoms with Gasteiger partial charge < -0.3 is 10.2 Å². The van der Waals surface area contributed by atoms with Gasteiger partial charge in [0.05, 0.1) is 15.8 Å². The number of sulfone groups is 1. The van der Waals surface area contributed by atoms with Crippen LogP contribution in [0.2, 0.25) is 10.0 Å². The van der Waals surface area contributed by atoms with Crippen molar-refractivity contribution in [3.63, 3.8) is 0 Å². The first-order chi connectivity index (χ1) is 10.7. The summed E-state index contributed by atoms with van der Waals surface area (Å²) < 4.78 is 22.3. The van der Waals surface area contributed by atoms with E-state index in [1.165, 1.54) is 6.26 Å². The Morgan fingerprint density at radius 1 is 1.30 bits per heavy atom. The monoisotopic (exact) mass is 379 g/mol. The smallest absolute Gasteiger partial charge is 0.193 e. The van der Waals surface area contributed by atoms with Gasteiger partial charge in [-0.05, 0) is 31.0 Å². The zero-order valence-corrected chi connectivity index (χ0v) is 16.0. The lowest BCUT2D eigenvalue weighted by Gasteiger charge is -2.22. The van der Waals surface area contributed by atoms with Gasteiger partial charge in [-0.3, -0.25) is 4.99 Å². The van der Waals surface area contributed by atoms with Crippen molar-refractivity contribution in [3.8, 4) is 0 Å². The Labute approximate surface area is 148 Å². The van der Waals surface area contributed by atoms with Crippen LogP contribution in [0.5, 0.6) is 0 Å². The maximum Gasteiger partial charge on any atom is 0.193 e. The van der Waals surface area contributed by atoms with Crippen molar-refractivity contribution in [2.24, 2.45) is 4.99 Å². The number of rotatable bonds is 7. The van der Waals surface area contributed by atoms with E-state index in [-0.39, 0.29) is 5.75 Å². The Morgan fingerprint density at radius 3 is 2.57 bits per heavy atom. The van der Waals surface area contributed by atoms with Crippen LogP contribution in [0.1, 0.15) is 18.9 Å². The normalized spacial score (nSPS) is 12.3. The number of hydrogen-bond donors (Lipinski definition) is 1. The molecular formula is C15H23Cl2N3O2S. The minimum Gasteiger partial charge on any atom is -0.357 e. The molecule has 8 heteroatoms. The molecule has 0 aliphatic rings. The summed E-state index contributed by atoms with van der Waals surface area (Å²) in [5.41, 5.74) is 1.02. The van der Waals surface area contributed by atoms with Crippen molar-refractivity contribution in [1.82, 2.24) is 10.2 Å². The number of hydrogen-bond acceptors (Lipinski definition) is 3. The molecule has 5 nitrogen and oxygen atoms in total. The standard InChI is InChI=1S/C15H23Cl2N3O2S/c1-4-18-15(19-8-5-9-23(3,21)22)20(2)11-12-6-7-13(16)14(17)10-12/h6-7,10H,4-5,8-9,11H2,1-3H3,(H,18,19). The van der Waals surface area contributed by atoms with E-state index < -0.39 is 9.84 Å². The minimum absolute atomic E-state index is 0.145. The van der Waals surface area contributed by atoms with E-state index in [0.717, 1.165) is 18.1 Å². The van der Waals surface area contributed by atoms with Crippen LogP contribution in [0.15, 0.2) is 23.2 Å². The third-order valence-electron chi connectivity index (χ3n) is 3.04. The van der Waals surface area contributed by atoms with Gasteiger partial charge in [0.15, 0.2) is 5.96 Å². The highest BCUT2D eigenvalue weighted by Crippen LogP contribution is 2.23. The number of guanidine groups is 1. The molecule has 0 radical (unpaired) electrons. The molecule has 0 atom stereocenters. The van der Waals surface area contributed by atoms with Crippen molar-refractivity contribution < 1.29 is 8.42 Å². The minimum atomic E-state index is -2.94. The summed E-state index contributed by atoms with van der Waals surface area (Å²) >= 11 is 11.9. The molecule has 0 spiro atoms. The number of aliphatic imine (C=N–C) groups is 1. The summed E-state index contributed by atoms with van der Waals surface area (Å²) in [7, 11) is -1.03. The van der Waals surface area contributed by atoms with E-state index in [2.05, 4.69) is 10.3 Å². The topological polar surface area (TPSA) is 61.8 Å². The number of halogens is 2. The first-order valence-corrected chi connectivity index (χ1v) is 10.2. The predicted molar refractivity (Wildman–Crippen MR) is 98.2 cm³/mol. The molecule has 1 rings (SSSR count). The third-order valence-corrected chi connectivity index (χ3v) is 4.80. The highest BCUT2D eigenvalue weighted by Gasteiger charge is 2.08. The number of nitrogens with one attached hydrogen (secondary N) is 1. The molecule has 0 heterocycles. The third kappa shape index (κ3) is 7.90. The van der Waals surface area contributed by atoms with E-state index in [9.17, 15) is 8.42 Å². The van der Waals surface area contributed by atoms with Crippen molar-refractivity contribution in [2.75, 3.05) is 32.1 Å². The largest absolute Gasteiger partial charge is 0.357 e. The molecule has 0 aliphatic carbocycles. The van der Waals surface area contributed by atoms with E-state index in [1.54, 1.807) is 6.07 Å². The second-order valence-corrected chi connectivity index (χ2v) is 8.40. The van der Waals surface area contributed by atoms with Gasteiger partial charge in [0.25, 0.3) is 0 Å². The molecular weight excluding hydrogens is 357 g/mol. The zero-order valence-electron chi connectivity index (χ0n) is 13.6. The maximum absolute atomic E-state index is 11.1. The summed E-state index contributed by atoms with van der Waals surface area (Å²) in [4.78, 5) is 6.42. The van der Waals surface area contributed by atoms with Crippen LogP contribution in [0, 0.1) is 0 Å². The Hall–Kier alpha value is -0.980. The SMILES string of the molecule is CCNC(=NCCCS(C)(=O)=O)N(C)Cc1ccc(Cl)c(Cl)c1. The summed E-state index contributed by atoms with van der Waals surface area (Å²) in [6.45, 7) is 3.80. The summed E-state index contributed by atoms with van der Waals surface area (Å²) in [5, 5.41) is 4.24. The van der Waals surface area contributed by atoms with Gasteiger partial charge in [-0.25, -0.2) is 8.42 Å². The van der Waals surface area contributed by atoms with E-state index in [1.807, 2.05) is 31.0 Å². The Bertz CT molecular complexity index is 648. The molecule has 0 aliphatic heterocycles. The van der Waals surface area contributed by atoms with Crippen molar-refractivity contribution >= 4 is 39.0 Å². The van der Waals surface area contributed by atoms with Gasteiger partial charge in [0, 0.05) is 32.9 Å². The first kappa shape index (κ1) is 20.1. The molecule has 0 aromatic heterocycles. The van der Waals surface area contributed by atoms with Crippen molar-refractivity contribution in [2.45, 2.75) is 19.9 Å². The molecule has 0 bridgehead atoms. The lowest BCUT2D eigenvalue weighted by atomic mass is 10.2. The molecule has 0 saturated heterocycles. The fourth-order valence-electron chi connectivity index (χ4n) is 1.97. The first-order valence-electron chi connectivity index (χ1n) is 7.34. The molecule has 1 aromatic carbocycles. The molecule has 23 heavy (non-hydrogen) atoms. The van der Waals surface area contributed by atoms with Crippen LogP contribution < -0.4 is 5.32 Å². The Kier molecular flexibility index (Phi) is 8.16. The summed E-state index contributed by atoms with van der Waals surface area (Å²) in [6.07, 6.45) is 1.74. The Morgan fingerprint density at radius 2 is 2.00 bits per heavy atom. The summed E-state index contributed by atoms with van der Waals surface area (Å²) in [5.74, 6) is 0.874. The second kappa shape index (κ2) is 9.35. The lowest BCUT2D eigenvalue weighted by Crippen LogP contribution is -2.38. The van der Waals surface area contributed by atoms with Gasteiger partial charge in [0.2, 0.25) is 0 Å².